The molecule has 0 aliphatic carbocycles. The van der Waals surface area contributed by atoms with Crippen molar-refractivity contribution in [2.75, 3.05) is 13.7 Å². The lowest BCUT2D eigenvalue weighted by Crippen LogP contribution is -2.39. The van der Waals surface area contributed by atoms with Crippen LogP contribution in [0.1, 0.15) is 18.9 Å². The highest BCUT2D eigenvalue weighted by atomic mass is 16.5. The molecule has 94 valence electrons. The maximum absolute atomic E-state index is 11.3. The highest BCUT2D eigenvalue weighted by Gasteiger charge is 2.11. The van der Waals surface area contributed by atoms with Crippen molar-refractivity contribution in [1.82, 2.24) is 5.32 Å². The molecular formula is C13H19NO3. The predicted octanol–water partition coefficient (Wildman–Crippen LogP) is 1.48. The smallest absolute Gasteiger partial charge is 0.220 e. The molecule has 0 saturated heterocycles. The van der Waals surface area contributed by atoms with E-state index in [1.54, 1.807) is 19.2 Å². The minimum atomic E-state index is -0.0306. The number of rotatable bonds is 6. The first-order chi connectivity index (χ1) is 8.15. The Kier molecular flexibility index (Phi) is 5.49. The number of aromatic hydroxyl groups is 1. The number of nitrogens with one attached hydrogen (secondary N) is 1. The van der Waals surface area contributed by atoms with Crippen LogP contribution in [0.5, 0.6) is 5.75 Å². The quantitative estimate of drug-likeness (QED) is 0.787. The van der Waals surface area contributed by atoms with Crippen molar-refractivity contribution < 1.29 is 14.6 Å². The van der Waals surface area contributed by atoms with Crippen molar-refractivity contribution in [3.05, 3.63) is 29.8 Å². The van der Waals surface area contributed by atoms with Crippen LogP contribution in [0.4, 0.5) is 0 Å². The van der Waals surface area contributed by atoms with Crippen molar-refractivity contribution in [3.8, 4) is 5.75 Å². The van der Waals surface area contributed by atoms with E-state index in [4.69, 9.17) is 4.74 Å². The number of benzene rings is 1. The summed E-state index contributed by atoms with van der Waals surface area (Å²) in [6.45, 7) is 2.30. The highest BCUT2D eigenvalue weighted by molar-refractivity contribution is 5.75. The van der Waals surface area contributed by atoms with Crippen LogP contribution in [0.15, 0.2) is 24.3 Å². The Morgan fingerprint density at radius 3 is 2.59 bits per heavy atom. The molecule has 0 fully saturated rings. The van der Waals surface area contributed by atoms with Crippen LogP contribution >= 0.6 is 0 Å². The second-order valence-electron chi connectivity index (χ2n) is 3.94. The van der Waals surface area contributed by atoms with E-state index < -0.39 is 0 Å². The Balaban J connectivity index is 2.59. The zero-order valence-corrected chi connectivity index (χ0v) is 10.3. The maximum atomic E-state index is 11.3. The van der Waals surface area contributed by atoms with E-state index in [1.807, 2.05) is 19.1 Å². The number of carbonyl (C=O) groups excluding carboxylic acids is 1. The predicted molar refractivity (Wildman–Crippen MR) is 65.9 cm³/mol. The average molecular weight is 237 g/mol. The van der Waals surface area contributed by atoms with E-state index in [0.717, 1.165) is 5.56 Å². The average Bonchev–Trinajstić information content (AvgIpc) is 2.32. The van der Waals surface area contributed by atoms with Crippen molar-refractivity contribution in [2.24, 2.45) is 0 Å². The van der Waals surface area contributed by atoms with Crippen molar-refractivity contribution in [3.63, 3.8) is 0 Å². The van der Waals surface area contributed by atoms with Crippen molar-refractivity contribution >= 4 is 5.91 Å². The van der Waals surface area contributed by atoms with Gasteiger partial charge in [-0.1, -0.05) is 19.1 Å². The third-order valence-corrected chi connectivity index (χ3v) is 2.47. The van der Waals surface area contributed by atoms with Gasteiger partial charge in [0.25, 0.3) is 0 Å². The van der Waals surface area contributed by atoms with Crippen LogP contribution in [-0.4, -0.2) is 30.8 Å². The lowest BCUT2D eigenvalue weighted by molar-refractivity contribution is -0.121. The van der Waals surface area contributed by atoms with Crippen LogP contribution in [0, 0.1) is 0 Å². The Morgan fingerprint density at radius 1 is 1.41 bits per heavy atom. The molecule has 0 aliphatic heterocycles. The van der Waals surface area contributed by atoms with E-state index >= 15 is 0 Å². The Morgan fingerprint density at radius 2 is 2.06 bits per heavy atom. The lowest BCUT2D eigenvalue weighted by atomic mass is 10.1. The number of phenols is 1. The molecular weight excluding hydrogens is 218 g/mol. The molecule has 0 unspecified atom stereocenters. The molecule has 1 amide bonds. The normalized spacial score (nSPS) is 12.1. The van der Waals surface area contributed by atoms with Gasteiger partial charge in [0.05, 0.1) is 12.6 Å². The molecule has 1 atom stereocenters. The number of methoxy groups -OCH3 is 1. The number of amides is 1. The van der Waals surface area contributed by atoms with Gasteiger partial charge in [-0.2, -0.15) is 0 Å². The van der Waals surface area contributed by atoms with E-state index in [9.17, 15) is 9.90 Å². The van der Waals surface area contributed by atoms with Crippen LogP contribution in [0.2, 0.25) is 0 Å². The largest absolute Gasteiger partial charge is 0.508 e. The highest BCUT2D eigenvalue weighted by Crippen LogP contribution is 2.11. The van der Waals surface area contributed by atoms with Crippen LogP contribution < -0.4 is 5.32 Å². The summed E-state index contributed by atoms with van der Waals surface area (Å²) in [5, 5.41) is 12.1. The van der Waals surface area contributed by atoms with Gasteiger partial charge in [0.1, 0.15) is 5.75 Å². The first kappa shape index (κ1) is 13.5. The fourth-order valence-corrected chi connectivity index (χ4v) is 1.60. The summed E-state index contributed by atoms with van der Waals surface area (Å²) >= 11 is 0. The van der Waals surface area contributed by atoms with Crippen molar-refractivity contribution in [1.29, 1.82) is 0 Å². The topological polar surface area (TPSA) is 58.6 Å². The molecule has 0 heterocycles. The number of hydrogen-bond donors (Lipinski definition) is 2. The molecule has 1 aromatic carbocycles. The summed E-state index contributed by atoms with van der Waals surface area (Å²) in [5.74, 6) is 0.264. The lowest BCUT2D eigenvalue weighted by Gasteiger charge is -2.17. The van der Waals surface area contributed by atoms with E-state index in [2.05, 4.69) is 5.32 Å². The van der Waals surface area contributed by atoms with E-state index in [1.165, 1.54) is 0 Å². The minimum Gasteiger partial charge on any atom is -0.508 e. The van der Waals surface area contributed by atoms with Gasteiger partial charge in [0.2, 0.25) is 5.91 Å². The standard InChI is InChI=1S/C13H19NO3/c1-3-13(16)14-11(9-17-2)8-10-4-6-12(15)7-5-10/h4-7,11,15H,3,8-9H2,1-2H3,(H,14,16)/t11-/m0/s1. The molecule has 1 rings (SSSR count). The Bertz CT molecular complexity index is 348. The fraction of sp³-hybridized carbons (Fsp3) is 0.462. The monoisotopic (exact) mass is 237 g/mol. The van der Waals surface area contributed by atoms with E-state index in [0.29, 0.717) is 19.4 Å². The van der Waals surface area contributed by atoms with Crippen LogP contribution in [0.25, 0.3) is 0 Å². The molecule has 0 aromatic heterocycles. The number of phenolic OH excluding ortho intramolecular Hbond substituents is 1. The van der Waals surface area contributed by atoms with Gasteiger partial charge >= 0.3 is 0 Å². The van der Waals surface area contributed by atoms with Crippen LogP contribution in [-0.2, 0) is 16.0 Å². The van der Waals surface area contributed by atoms with Gasteiger partial charge in [-0.3, -0.25) is 4.79 Å². The third kappa shape index (κ3) is 4.87. The molecule has 0 spiro atoms. The molecule has 1 aromatic rings. The summed E-state index contributed by atoms with van der Waals surface area (Å²) in [5.41, 5.74) is 1.06. The Labute approximate surface area is 102 Å². The van der Waals surface area contributed by atoms with Gasteiger partial charge in [0.15, 0.2) is 0 Å². The maximum Gasteiger partial charge on any atom is 0.220 e. The first-order valence-corrected chi connectivity index (χ1v) is 5.72. The number of carbonyl (C=O) groups is 1. The second kappa shape index (κ2) is 6.91. The van der Waals surface area contributed by atoms with Gasteiger partial charge < -0.3 is 15.2 Å². The molecule has 0 saturated carbocycles. The summed E-state index contributed by atoms with van der Waals surface area (Å²) < 4.78 is 5.08. The van der Waals surface area contributed by atoms with Gasteiger partial charge in [-0.05, 0) is 24.1 Å². The van der Waals surface area contributed by atoms with Crippen LogP contribution in [0.3, 0.4) is 0 Å². The number of ether oxygens (including phenoxy) is 1. The van der Waals surface area contributed by atoms with Gasteiger partial charge in [-0.25, -0.2) is 0 Å². The molecule has 4 heteroatoms. The second-order valence-corrected chi connectivity index (χ2v) is 3.94. The van der Waals surface area contributed by atoms with E-state index in [-0.39, 0.29) is 17.7 Å². The summed E-state index contributed by atoms with van der Waals surface area (Å²) in [6.07, 6.45) is 1.16. The van der Waals surface area contributed by atoms with Gasteiger partial charge in [0, 0.05) is 13.5 Å². The molecule has 0 radical (unpaired) electrons. The third-order valence-electron chi connectivity index (χ3n) is 2.47. The molecule has 0 aliphatic rings. The SMILES string of the molecule is CCC(=O)N[C@H](COC)Cc1ccc(O)cc1. The zero-order chi connectivity index (χ0) is 12.7. The summed E-state index contributed by atoms with van der Waals surface area (Å²) in [4.78, 5) is 11.3. The zero-order valence-electron chi connectivity index (χ0n) is 10.3. The first-order valence-electron chi connectivity index (χ1n) is 5.72. The van der Waals surface area contributed by atoms with Crippen molar-refractivity contribution in [2.45, 2.75) is 25.8 Å². The van der Waals surface area contributed by atoms with Gasteiger partial charge in [-0.15, -0.1) is 0 Å². The summed E-state index contributed by atoms with van der Waals surface area (Å²) in [6, 6.07) is 6.94. The Hall–Kier alpha value is -1.55. The number of hydrogen-bond acceptors (Lipinski definition) is 3. The molecule has 0 bridgehead atoms. The molecule has 4 nitrogen and oxygen atoms in total. The molecule has 17 heavy (non-hydrogen) atoms. The summed E-state index contributed by atoms with van der Waals surface area (Å²) in [7, 11) is 1.61. The molecule has 2 N–H and O–H groups in total. The minimum absolute atomic E-state index is 0.0193. The fourth-order valence-electron chi connectivity index (χ4n) is 1.60.